The third-order valence-corrected chi connectivity index (χ3v) is 4.23. The molecule has 144 valence electrons. The maximum atomic E-state index is 14.4. The topological polar surface area (TPSA) is 12.4 Å². The number of aryl methyl sites for hydroxylation is 1. The second-order valence-electron chi connectivity index (χ2n) is 6.21. The summed E-state index contributed by atoms with van der Waals surface area (Å²) in [5, 5.41) is 0. The molecule has 0 spiro atoms. The van der Waals surface area contributed by atoms with Crippen molar-refractivity contribution >= 4 is 12.4 Å². The fraction of sp³-hybridized carbons (Fsp3) is 0.286. The maximum Gasteiger partial charge on any atom is 0.266 e. The van der Waals surface area contributed by atoms with Gasteiger partial charge in [0.15, 0.2) is 0 Å². The molecule has 1 nitrogen and oxygen atoms in total. The standard InChI is InChI=1S/C21H20F5N/c1-27-19-10-9-15(13-16(19)22)21-17(23)11-14(12-18(21)24)7-5-3-2-4-6-8-20(25)26/h8-13H,1-7H2. The van der Waals surface area contributed by atoms with Crippen LogP contribution in [-0.4, -0.2) is 6.72 Å². The van der Waals surface area contributed by atoms with Gasteiger partial charge in [0.05, 0.1) is 11.3 Å². The summed E-state index contributed by atoms with van der Waals surface area (Å²) in [5.41, 5.74) is 0.331. The van der Waals surface area contributed by atoms with Gasteiger partial charge in [-0.1, -0.05) is 18.9 Å². The van der Waals surface area contributed by atoms with Crippen LogP contribution in [0.3, 0.4) is 0 Å². The molecule has 0 aliphatic heterocycles. The molecule has 0 aliphatic carbocycles. The molecular weight excluding hydrogens is 361 g/mol. The second-order valence-corrected chi connectivity index (χ2v) is 6.21. The predicted molar refractivity (Wildman–Crippen MR) is 98.0 cm³/mol. The van der Waals surface area contributed by atoms with Gasteiger partial charge in [0.2, 0.25) is 0 Å². The summed E-state index contributed by atoms with van der Waals surface area (Å²) in [6.07, 6.45) is 2.95. The lowest BCUT2D eigenvalue weighted by atomic mass is 9.99. The minimum Gasteiger partial charge on any atom is -0.262 e. The first-order valence-corrected chi connectivity index (χ1v) is 8.68. The van der Waals surface area contributed by atoms with Gasteiger partial charge in [-0.3, -0.25) is 4.99 Å². The number of hydrogen-bond acceptors (Lipinski definition) is 1. The van der Waals surface area contributed by atoms with E-state index in [-0.39, 0.29) is 16.8 Å². The van der Waals surface area contributed by atoms with Crippen molar-refractivity contribution in [2.45, 2.75) is 38.5 Å². The average Bonchev–Trinajstić information content (AvgIpc) is 2.60. The van der Waals surface area contributed by atoms with Gasteiger partial charge in [-0.25, -0.2) is 13.2 Å². The Hall–Kier alpha value is -2.50. The number of unbranched alkanes of at least 4 members (excludes halogenated alkanes) is 4. The smallest absolute Gasteiger partial charge is 0.262 e. The molecule has 0 atom stereocenters. The first kappa shape index (κ1) is 20.8. The minimum atomic E-state index is -1.67. The summed E-state index contributed by atoms with van der Waals surface area (Å²) in [7, 11) is 0. The van der Waals surface area contributed by atoms with E-state index in [2.05, 4.69) is 11.7 Å². The molecule has 2 rings (SSSR count). The Labute approximate surface area is 155 Å². The molecule has 0 unspecified atom stereocenters. The lowest BCUT2D eigenvalue weighted by molar-refractivity contribution is 0.416. The van der Waals surface area contributed by atoms with Gasteiger partial charge in [0.25, 0.3) is 6.08 Å². The summed E-state index contributed by atoms with van der Waals surface area (Å²) in [6.45, 7) is 3.23. The summed E-state index contributed by atoms with van der Waals surface area (Å²) in [4.78, 5) is 3.48. The van der Waals surface area contributed by atoms with Crippen molar-refractivity contribution in [1.82, 2.24) is 0 Å². The fourth-order valence-corrected chi connectivity index (χ4v) is 2.87. The number of benzene rings is 2. The Morgan fingerprint density at radius 1 is 0.889 bits per heavy atom. The van der Waals surface area contributed by atoms with E-state index in [1.807, 2.05) is 0 Å². The van der Waals surface area contributed by atoms with Crippen molar-refractivity contribution in [2.24, 2.45) is 4.99 Å². The SMILES string of the molecule is C=Nc1ccc(-c2c(F)cc(CCCCCCC=C(F)F)cc2F)cc1F. The van der Waals surface area contributed by atoms with Gasteiger partial charge in [-0.2, -0.15) is 8.78 Å². The Kier molecular flexibility index (Phi) is 7.70. The Morgan fingerprint density at radius 3 is 2.15 bits per heavy atom. The van der Waals surface area contributed by atoms with E-state index in [1.54, 1.807) is 0 Å². The predicted octanol–water partition coefficient (Wildman–Crippen LogP) is 7.38. The summed E-state index contributed by atoms with van der Waals surface area (Å²) >= 11 is 0. The van der Waals surface area contributed by atoms with Crippen LogP contribution in [0.15, 0.2) is 47.5 Å². The zero-order valence-electron chi connectivity index (χ0n) is 14.8. The van der Waals surface area contributed by atoms with Gasteiger partial charge >= 0.3 is 0 Å². The Bertz CT molecular complexity index is 802. The van der Waals surface area contributed by atoms with E-state index < -0.39 is 23.5 Å². The van der Waals surface area contributed by atoms with Crippen molar-refractivity contribution in [3.8, 4) is 11.1 Å². The normalized spacial score (nSPS) is 10.7. The summed E-state index contributed by atoms with van der Waals surface area (Å²) in [6, 6.07) is 6.23. The van der Waals surface area contributed by atoms with Crippen molar-refractivity contribution in [1.29, 1.82) is 0 Å². The van der Waals surface area contributed by atoms with Crippen molar-refractivity contribution in [3.05, 3.63) is 65.5 Å². The van der Waals surface area contributed by atoms with E-state index in [0.29, 0.717) is 31.2 Å². The number of rotatable bonds is 9. The van der Waals surface area contributed by atoms with Crippen molar-refractivity contribution in [3.63, 3.8) is 0 Å². The third-order valence-electron chi connectivity index (χ3n) is 4.23. The molecule has 6 heteroatoms. The van der Waals surface area contributed by atoms with E-state index in [1.165, 1.54) is 24.3 Å². The molecule has 0 saturated carbocycles. The lowest BCUT2D eigenvalue weighted by Crippen LogP contribution is -1.96. The van der Waals surface area contributed by atoms with E-state index in [4.69, 9.17) is 0 Å². The van der Waals surface area contributed by atoms with E-state index >= 15 is 0 Å². The van der Waals surface area contributed by atoms with Crippen LogP contribution < -0.4 is 0 Å². The number of nitrogens with zero attached hydrogens (tertiary/aromatic N) is 1. The number of aliphatic imine (C=N–C) groups is 1. The van der Waals surface area contributed by atoms with Crippen LogP contribution in [0.4, 0.5) is 27.6 Å². The van der Waals surface area contributed by atoms with Crippen LogP contribution in [-0.2, 0) is 6.42 Å². The van der Waals surface area contributed by atoms with Crippen LogP contribution in [0.25, 0.3) is 11.1 Å². The molecule has 0 radical (unpaired) electrons. The summed E-state index contributed by atoms with van der Waals surface area (Å²) in [5.74, 6) is -2.22. The second kappa shape index (κ2) is 10.00. The fourth-order valence-electron chi connectivity index (χ4n) is 2.87. The zero-order valence-corrected chi connectivity index (χ0v) is 14.8. The van der Waals surface area contributed by atoms with Crippen molar-refractivity contribution in [2.75, 3.05) is 0 Å². The maximum absolute atomic E-state index is 14.4. The molecule has 0 saturated heterocycles. The van der Waals surface area contributed by atoms with Crippen LogP contribution >= 0.6 is 0 Å². The molecule has 2 aromatic carbocycles. The summed E-state index contributed by atoms with van der Waals surface area (Å²) < 4.78 is 66.3. The highest BCUT2D eigenvalue weighted by molar-refractivity contribution is 5.68. The van der Waals surface area contributed by atoms with E-state index in [9.17, 15) is 22.0 Å². The quantitative estimate of drug-likeness (QED) is 0.244. The average molecular weight is 381 g/mol. The molecule has 0 N–H and O–H groups in total. The van der Waals surface area contributed by atoms with Crippen LogP contribution in [0.2, 0.25) is 0 Å². The number of allylic oxidation sites excluding steroid dienone is 1. The Balaban J connectivity index is 1.99. The first-order chi connectivity index (χ1) is 12.9. The van der Waals surface area contributed by atoms with Crippen LogP contribution in [0.1, 0.15) is 37.7 Å². The molecule has 27 heavy (non-hydrogen) atoms. The Morgan fingerprint density at radius 2 is 1.56 bits per heavy atom. The molecule has 0 aromatic heterocycles. The first-order valence-electron chi connectivity index (χ1n) is 8.68. The van der Waals surface area contributed by atoms with Gasteiger partial charge < -0.3 is 0 Å². The highest BCUT2D eigenvalue weighted by atomic mass is 19.3. The number of halogens is 5. The largest absolute Gasteiger partial charge is 0.266 e. The molecule has 0 bridgehead atoms. The lowest BCUT2D eigenvalue weighted by Gasteiger charge is -2.09. The number of hydrogen-bond donors (Lipinski definition) is 0. The monoisotopic (exact) mass is 381 g/mol. The molecule has 0 fully saturated rings. The van der Waals surface area contributed by atoms with Gasteiger partial charge in [0, 0.05) is 0 Å². The minimum absolute atomic E-state index is 0.0148. The highest BCUT2D eigenvalue weighted by Crippen LogP contribution is 2.31. The molecule has 0 amide bonds. The molecule has 0 aliphatic rings. The van der Waals surface area contributed by atoms with Crippen molar-refractivity contribution < 1.29 is 22.0 Å². The molecule has 0 heterocycles. The highest BCUT2D eigenvalue weighted by Gasteiger charge is 2.15. The van der Waals surface area contributed by atoms with Gasteiger partial charge in [0.1, 0.15) is 17.5 Å². The zero-order chi connectivity index (χ0) is 19.8. The van der Waals surface area contributed by atoms with Crippen LogP contribution in [0.5, 0.6) is 0 Å². The molecule has 2 aromatic rings. The van der Waals surface area contributed by atoms with E-state index in [0.717, 1.165) is 25.0 Å². The van der Waals surface area contributed by atoms with Crippen LogP contribution in [0, 0.1) is 17.5 Å². The van der Waals surface area contributed by atoms with Gasteiger partial charge in [-0.15, -0.1) is 0 Å². The van der Waals surface area contributed by atoms with Gasteiger partial charge in [-0.05, 0) is 73.9 Å². The molecular formula is C21H20F5N. The third kappa shape index (κ3) is 6.01.